The second-order valence-electron chi connectivity index (χ2n) is 5.00. The number of thiazole rings is 1. The molecule has 82 valence electrons. The lowest BCUT2D eigenvalue weighted by atomic mass is 9.87. The minimum absolute atomic E-state index is 0.417. The normalized spacial score (nSPS) is 31.0. The van der Waals surface area contributed by atoms with Crippen LogP contribution >= 0.6 is 11.3 Å². The molecular formula is C12H18N2S. The zero-order chi connectivity index (χ0) is 10.3. The summed E-state index contributed by atoms with van der Waals surface area (Å²) >= 11 is 1.78. The molecule has 0 amide bonds. The molecule has 1 N–H and O–H groups in total. The smallest absolute Gasteiger partial charge is 0.0897 e. The van der Waals surface area contributed by atoms with E-state index in [1.165, 1.54) is 42.9 Å². The number of aromatic nitrogens is 1. The fourth-order valence-corrected chi connectivity index (χ4v) is 3.53. The molecule has 1 aromatic heterocycles. The molecule has 2 fully saturated rings. The summed E-state index contributed by atoms with van der Waals surface area (Å²) in [5.74, 6) is 0.932. The highest BCUT2D eigenvalue weighted by Gasteiger charge is 2.46. The molecule has 2 heterocycles. The van der Waals surface area contributed by atoms with Gasteiger partial charge in [-0.05, 0) is 45.1 Å². The Bertz CT molecular complexity index is 348. The number of aryl methyl sites for hydroxylation is 1. The molecule has 1 atom stereocenters. The lowest BCUT2D eigenvalue weighted by Gasteiger charge is -2.29. The molecule has 3 heteroatoms. The van der Waals surface area contributed by atoms with Crippen LogP contribution in [0.2, 0.25) is 0 Å². The van der Waals surface area contributed by atoms with Crippen LogP contribution in [0.1, 0.15) is 36.4 Å². The first-order chi connectivity index (χ1) is 7.28. The quantitative estimate of drug-likeness (QED) is 0.850. The summed E-state index contributed by atoms with van der Waals surface area (Å²) in [6.07, 6.45) is 6.71. The van der Waals surface area contributed by atoms with Crippen molar-refractivity contribution in [3.05, 3.63) is 16.1 Å². The minimum atomic E-state index is 0.417. The average molecular weight is 222 g/mol. The van der Waals surface area contributed by atoms with Crippen LogP contribution < -0.4 is 5.32 Å². The molecule has 1 aliphatic carbocycles. The van der Waals surface area contributed by atoms with E-state index in [4.69, 9.17) is 0 Å². The maximum absolute atomic E-state index is 4.61. The maximum atomic E-state index is 4.61. The van der Waals surface area contributed by atoms with Gasteiger partial charge in [0.05, 0.1) is 10.7 Å². The van der Waals surface area contributed by atoms with Crippen molar-refractivity contribution < 1.29 is 0 Å². The van der Waals surface area contributed by atoms with E-state index in [0.717, 1.165) is 12.3 Å². The highest BCUT2D eigenvalue weighted by atomic mass is 32.1. The lowest BCUT2D eigenvalue weighted by molar-refractivity contribution is 0.321. The maximum Gasteiger partial charge on any atom is 0.0897 e. The number of hydrogen-bond acceptors (Lipinski definition) is 3. The third kappa shape index (κ3) is 1.83. The first kappa shape index (κ1) is 9.79. The van der Waals surface area contributed by atoms with Crippen LogP contribution in [0.4, 0.5) is 0 Å². The van der Waals surface area contributed by atoms with Crippen molar-refractivity contribution in [1.29, 1.82) is 0 Å². The zero-order valence-corrected chi connectivity index (χ0v) is 10.1. The van der Waals surface area contributed by atoms with Crippen LogP contribution in [0.5, 0.6) is 0 Å². The lowest BCUT2D eigenvalue weighted by Crippen LogP contribution is -2.44. The molecule has 1 aliphatic heterocycles. The van der Waals surface area contributed by atoms with Gasteiger partial charge in [-0.2, -0.15) is 0 Å². The zero-order valence-electron chi connectivity index (χ0n) is 9.25. The third-order valence-electron chi connectivity index (χ3n) is 3.80. The van der Waals surface area contributed by atoms with Gasteiger partial charge in [-0.15, -0.1) is 11.3 Å². The van der Waals surface area contributed by atoms with E-state index >= 15 is 0 Å². The fourth-order valence-electron chi connectivity index (χ4n) is 2.92. The van der Waals surface area contributed by atoms with Gasteiger partial charge < -0.3 is 5.32 Å². The van der Waals surface area contributed by atoms with Gasteiger partial charge in [0.15, 0.2) is 0 Å². The fraction of sp³-hybridized carbons (Fsp3) is 0.750. The Labute approximate surface area is 95.1 Å². The summed E-state index contributed by atoms with van der Waals surface area (Å²) in [4.78, 5) is 4.61. The summed E-state index contributed by atoms with van der Waals surface area (Å²) in [5.41, 5.74) is 1.72. The first-order valence-corrected chi connectivity index (χ1v) is 6.82. The van der Waals surface area contributed by atoms with Gasteiger partial charge in [0, 0.05) is 17.3 Å². The highest BCUT2D eigenvalue weighted by Crippen LogP contribution is 2.45. The molecule has 1 aromatic rings. The molecule has 1 saturated carbocycles. The topological polar surface area (TPSA) is 24.9 Å². The van der Waals surface area contributed by atoms with Crippen LogP contribution in [0, 0.1) is 12.8 Å². The molecule has 1 unspecified atom stereocenters. The van der Waals surface area contributed by atoms with Crippen molar-refractivity contribution >= 4 is 11.3 Å². The van der Waals surface area contributed by atoms with E-state index in [1.807, 2.05) is 0 Å². The Balaban J connectivity index is 1.78. The van der Waals surface area contributed by atoms with Crippen molar-refractivity contribution in [2.24, 2.45) is 5.92 Å². The highest BCUT2D eigenvalue weighted by molar-refractivity contribution is 7.09. The monoisotopic (exact) mass is 222 g/mol. The van der Waals surface area contributed by atoms with Crippen LogP contribution in [0.25, 0.3) is 0 Å². The molecule has 15 heavy (non-hydrogen) atoms. The van der Waals surface area contributed by atoms with Crippen LogP contribution in [0.3, 0.4) is 0 Å². The van der Waals surface area contributed by atoms with Crippen molar-refractivity contribution in [3.63, 3.8) is 0 Å². The van der Waals surface area contributed by atoms with Gasteiger partial charge in [0.25, 0.3) is 0 Å². The molecule has 0 aromatic carbocycles. The predicted molar refractivity (Wildman–Crippen MR) is 63.2 cm³/mol. The van der Waals surface area contributed by atoms with E-state index in [1.54, 1.807) is 11.3 Å². The van der Waals surface area contributed by atoms with E-state index in [9.17, 15) is 0 Å². The van der Waals surface area contributed by atoms with Gasteiger partial charge in [0.2, 0.25) is 0 Å². The SMILES string of the molecule is Cc1nc(CC2(C3CC3)CCCN2)cs1. The van der Waals surface area contributed by atoms with E-state index in [0.29, 0.717) is 5.54 Å². The van der Waals surface area contributed by atoms with Gasteiger partial charge >= 0.3 is 0 Å². The standard InChI is InChI=1S/C12H18N2S/c1-9-14-11(8-15-9)7-12(10-3-4-10)5-2-6-13-12/h8,10,13H,2-7H2,1H3. The summed E-state index contributed by atoms with van der Waals surface area (Å²) in [5, 5.41) is 7.19. The number of hydrogen-bond donors (Lipinski definition) is 1. The van der Waals surface area contributed by atoms with Crippen molar-refractivity contribution in [2.75, 3.05) is 6.54 Å². The second-order valence-corrected chi connectivity index (χ2v) is 6.06. The van der Waals surface area contributed by atoms with Gasteiger partial charge in [-0.1, -0.05) is 0 Å². The Morgan fingerprint density at radius 1 is 1.60 bits per heavy atom. The van der Waals surface area contributed by atoms with Gasteiger partial charge in [-0.3, -0.25) is 0 Å². The van der Waals surface area contributed by atoms with Crippen molar-refractivity contribution in [2.45, 2.75) is 44.6 Å². The molecule has 2 nitrogen and oxygen atoms in total. The molecule has 2 aliphatic rings. The predicted octanol–water partition coefficient (Wildman–Crippen LogP) is 2.53. The van der Waals surface area contributed by atoms with E-state index < -0.39 is 0 Å². The molecule has 0 radical (unpaired) electrons. The van der Waals surface area contributed by atoms with Crippen LogP contribution in [-0.2, 0) is 6.42 Å². The molecule has 0 bridgehead atoms. The number of rotatable bonds is 3. The largest absolute Gasteiger partial charge is 0.311 e. The Kier molecular flexibility index (Phi) is 2.33. The number of nitrogens with one attached hydrogen (secondary N) is 1. The molecule has 3 rings (SSSR count). The van der Waals surface area contributed by atoms with Gasteiger partial charge in [-0.25, -0.2) is 4.98 Å². The summed E-state index contributed by atoms with van der Waals surface area (Å²) < 4.78 is 0. The third-order valence-corrected chi connectivity index (χ3v) is 4.62. The Morgan fingerprint density at radius 3 is 3.00 bits per heavy atom. The summed E-state index contributed by atoms with van der Waals surface area (Å²) in [6.45, 7) is 3.31. The Morgan fingerprint density at radius 2 is 2.47 bits per heavy atom. The first-order valence-electron chi connectivity index (χ1n) is 5.95. The van der Waals surface area contributed by atoms with Crippen LogP contribution in [0.15, 0.2) is 5.38 Å². The summed E-state index contributed by atoms with van der Waals surface area (Å²) in [6, 6.07) is 0. The molecular weight excluding hydrogens is 204 g/mol. The number of nitrogens with zero attached hydrogens (tertiary/aromatic N) is 1. The minimum Gasteiger partial charge on any atom is -0.311 e. The van der Waals surface area contributed by atoms with Crippen LogP contribution in [-0.4, -0.2) is 17.1 Å². The average Bonchev–Trinajstić information content (AvgIpc) is 2.86. The summed E-state index contributed by atoms with van der Waals surface area (Å²) in [7, 11) is 0. The second kappa shape index (κ2) is 3.56. The van der Waals surface area contributed by atoms with Crippen molar-refractivity contribution in [1.82, 2.24) is 10.3 Å². The van der Waals surface area contributed by atoms with E-state index in [-0.39, 0.29) is 0 Å². The van der Waals surface area contributed by atoms with E-state index in [2.05, 4.69) is 22.6 Å². The van der Waals surface area contributed by atoms with Gasteiger partial charge in [0.1, 0.15) is 0 Å². The Hall–Kier alpha value is -0.410. The molecule has 0 spiro atoms. The molecule has 1 saturated heterocycles. The van der Waals surface area contributed by atoms with Crippen molar-refractivity contribution in [3.8, 4) is 0 Å².